The van der Waals surface area contributed by atoms with Gasteiger partial charge in [-0.3, -0.25) is 0 Å². The lowest BCUT2D eigenvalue weighted by molar-refractivity contribution is 0.975. The summed E-state index contributed by atoms with van der Waals surface area (Å²) in [6, 6.07) is 64.3. The molecule has 0 aliphatic rings. The third-order valence-corrected chi connectivity index (χ3v) is 21.7. The molecular weight excluding hydrogens is 817 g/mol. The van der Waals surface area contributed by atoms with E-state index in [2.05, 4.69) is 252 Å². The Bertz CT molecular complexity index is 1870. The molecule has 0 N–H and O–H groups in total. The lowest BCUT2D eigenvalue weighted by Crippen LogP contribution is -2.42. The summed E-state index contributed by atoms with van der Waals surface area (Å²) >= 11 is 8.21. The maximum absolute atomic E-state index is 8.21. The lowest BCUT2D eigenvalue weighted by atomic mass is 10.3. The van der Waals surface area contributed by atoms with Crippen LogP contribution >= 0.6 is 33.8 Å². The van der Waals surface area contributed by atoms with Crippen molar-refractivity contribution in [2.75, 3.05) is 67.3 Å². The van der Waals surface area contributed by atoms with Gasteiger partial charge in [-0.1, -0.05) is 109 Å². The van der Waals surface area contributed by atoms with E-state index < -0.39 is 22.6 Å². The molecule has 0 unspecified atom stereocenters. The summed E-state index contributed by atoms with van der Waals surface area (Å²) in [4.78, 5) is 0. The second-order valence-electron chi connectivity index (χ2n) is 13.8. The Balaban J connectivity index is 1.83. The number of rotatable bonds is 20. The summed E-state index contributed by atoms with van der Waals surface area (Å²) in [5, 5.41) is 0. The normalized spacial score (nSPS) is 11.5. The monoisotopic (exact) mass is 876 g/mol. The van der Waals surface area contributed by atoms with E-state index in [-0.39, 0.29) is 0 Å². The topological polar surface area (TPSA) is 44.2 Å². The van der Waals surface area contributed by atoms with Gasteiger partial charge in [0.15, 0.2) is 0 Å². The summed E-state index contributed by atoms with van der Waals surface area (Å²) in [6.07, 6.45) is 0. The zero-order valence-corrected chi connectivity index (χ0v) is 39.3. The van der Waals surface area contributed by atoms with Crippen LogP contribution in [0.4, 0.5) is 34.1 Å². The largest absolute Gasteiger partial charge is 0.306 e. The van der Waals surface area contributed by atoms with Crippen molar-refractivity contribution in [3.63, 3.8) is 0 Å². The third-order valence-electron chi connectivity index (χ3n) is 10.5. The van der Waals surface area contributed by atoms with E-state index in [0.29, 0.717) is 39.3 Å². The molecule has 0 bridgehead atoms. The van der Waals surface area contributed by atoms with Crippen molar-refractivity contribution in [3.05, 3.63) is 182 Å². The first-order valence-corrected chi connectivity index (χ1v) is 26.5. The van der Waals surface area contributed by atoms with Gasteiger partial charge in [0.25, 0.3) is 0 Å². The molecule has 0 radical (unpaired) electrons. The van der Waals surface area contributed by atoms with Gasteiger partial charge in [-0.15, -0.1) is 0 Å². The Morgan fingerprint density at radius 3 is 0.600 bits per heavy atom. The number of anilines is 6. The van der Waals surface area contributed by atoms with Gasteiger partial charge in [0.1, 0.15) is 0 Å². The van der Waals surface area contributed by atoms with E-state index in [4.69, 9.17) is 20.3 Å². The van der Waals surface area contributed by atoms with E-state index in [0.717, 1.165) is 34.1 Å². The highest BCUT2D eigenvalue weighted by molar-refractivity contribution is 7.91. The summed E-state index contributed by atoms with van der Waals surface area (Å²) in [7, 11) is -8.11. The zero-order valence-electron chi connectivity index (χ0n) is 35.9. The number of benzene rings is 6. The van der Waals surface area contributed by atoms with Crippen LogP contribution in [0.1, 0.15) is 41.5 Å². The summed E-state index contributed by atoms with van der Waals surface area (Å²) < 4.78 is 27.4. The standard InChI is InChI=1S/C48H60ClN8P3/c1-7-52(43-31-19-13-20-32-43)59(53(8-2)44-33-21-14-22-34-44,54(9-3)45-35-23-15-24-36-45)50-58(49)51-60(55(10-4)46-37-25-16-26-38-46,56(11-5)47-39-27-17-28-40-47)57(12-6)48-41-29-18-30-42-48/h13-42H,7-12H2,1-6H3. The van der Waals surface area contributed by atoms with Crippen molar-refractivity contribution in [1.29, 1.82) is 0 Å². The minimum absolute atomic E-state index is 0.690. The van der Waals surface area contributed by atoms with Gasteiger partial charge in [0.05, 0.1) is 0 Å². The molecule has 0 aliphatic heterocycles. The molecule has 0 amide bonds. The molecule has 0 atom stereocenters. The van der Waals surface area contributed by atoms with Crippen molar-refractivity contribution >= 4 is 68.0 Å². The molecule has 6 aromatic rings. The zero-order chi connectivity index (χ0) is 42.4. The van der Waals surface area contributed by atoms with Crippen LogP contribution in [0.3, 0.4) is 0 Å². The van der Waals surface area contributed by atoms with Crippen LogP contribution in [-0.4, -0.2) is 39.3 Å². The van der Waals surface area contributed by atoms with Crippen LogP contribution in [0, 0.1) is 0 Å². The molecule has 314 valence electrons. The summed E-state index contributed by atoms with van der Waals surface area (Å²) in [6.45, 7) is 17.5. The lowest BCUT2D eigenvalue weighted by Gasteiger charge is -2.52. The average molecular weight is 877 g/mol. The highest BCUT2D eigenvalue weighted by Gasteiger charge is 2.44. The first-order chi connectivity index (χ1) is 29.4. The van der Waals surface area contributed by atoms with Crippen molar-refractivity contribution < 1.29 is 0 Å². The number of halogens is 1. The fourth-order valence-corrected chi connectivity index (χ4v) is 20.6. The molecule has 0 heterocycles. The first-order valence-electron chi connectivity index (χ1n) is 21.1. The molecule has 60 heavy (non-hydrogen) atoms. The van der Waals surface area contributed by atoms with Gasteiger partial charge in [0, 0.05) is 73.4 Å². The molecule has 12 heteroatoms. The van der Waals surface area contributed by atoms with Crippen LogP contribution in [-0.2, 0) is 0 Å². The molecular formula is C48H60ClN8P3. The number of hydrogen-bond acceptors (Lipinski definition) is 2. The van der Waals surface area contributed by atoms with Gasteiger partial charge >= 0.3 is 0 Å². The minimum Gasteiger partial charge on any atom is -0.306 e. The van der Waals surface area contributed by atoms with Crippen molar-refractivity contribution in [2.45, 2.75) is 41.5 Å². The van der Waals surface area contributed by atoms with Crippen LogP contribution in [0.15, 0.2) is 191 Å². The SMILES string of the molecule is CCN(c1ccccc1)P(=NP(Cl)N=P(N(CC)c1ccccc1)(N(CC)c1ccccc1)N(CC)c1ccccc1)(N(CC)c1ccccc1)N(CC)c1ccccc1. The molecule has 0 aliphatic carbocycles. The Morgan fingerprint density at radius 1 is 0.317 bits per heavy atom. The maximum atomic E-state index is 8.21. The van der Waals surface area contributed by atoms with Gasteiger partial charge in [0.2, 0.25) is 22.6 Å². The Hall–Kier alpha value is -4.70. The quantitative estimate of drug-likeness (QED) is 0.0712. The second kappa shape index (κ2) is 21.7. The first kappa shape index (κ1) is 44.8. The van der Waals surface area contributed by atoms with E-state index in [1.165, 1.54) is 0 Å². The van der Waals surface area contributed by atoms with Gasteiger partial charge < -0.3 is 28.0 Å². The van der Waals surface area contributed by atoms with E-state index in [1.807, 2.05) is 0 Å². The van der Waals surface area contributed by atoms with Crippen LogP contribution < -0.4 is 28.0 Å². The number of nitrogens with zero attached hydrogens (tertiary/aromatic N) is 8. The minimum atomic E-state index is -3.08. The third kappa shape index (κ3) is 9.29. The number of hydrogen-bond donors (Lipinski definition) is 0. The van der Waals surface area contributed by atoms with Crippen molar-refractivity contribution in [3.8, 4) is 0 Å². The maximum Gasteiger partial charge on any atom is 0.250 e. The Labute approximate surface area is 366 Å². The second-order valence-corrected chi connectivity index (χ2v) is 21.7. The summed E-state index contributed by atoms with van der Waals surface area (Å²) in [5.41, 5.74) is 6.50. The molecule has 8 nitrogen and oxygen atoms in total. The fourth-order valence-electron chi connectivity index (χ4n) is 8.05. The fraction of sp³-hybridized carbons (Fsp3) is 0.250. The highest BCUT2D eigenvalue weighted by Crippen LogP contribution is 2.74. The number of para-hydroxylation sites is 6. The van der Waals surface area contributed by atoms with E-state index >= 15 is 0 Å². The van der Waals surface area contributed by atoms with Gasteiger partial charge in [-0.25, -0.2) is 0 Å². The average Bonchev–Trinajstić information content (AvgIpc) is 3.30. The highest BCUT2D eigenvalue weighted by atomic mass is 35.7. The molecule has 0 aromatic heterocycles. The molecule has 0 fully saturated rings. The molecule has 0 saturated carbocycles. The molecule has 6 aromatic carbocycles. The van der Waals surface area contributed by atoms with Gasteiger partial charge in [-0.2, -0.15) is 9.03 Å². The molecule has 0 saturated heterocycles. The van der Waals surface area contributed by atoms with Crippen molar-refractivity contribution in [2.24, 2.45) is 9.03 Å². The predicted octanol–water partition coefficient (Wildman–Crippen LogP) is 15.5. The molecule has 6 rings (SSSR count). The predicted molar refractivity (Wildman–Crippen MR) is 268 cm³/mol. The van der Waals surface area contributed by atoms with E-state index in [9.17, 15) is 0 Å². The Kier molecular flexibility index (Phi) is 16.2. The summed E-state index contributed by atoms with van der Waals surface area (Å²) in [5.74, 6) is 0. The van der Waals surface area contributed by atoms with E-state index in [1.54, 1.807) is 0 Å². The van der Waals surface area contributed by atoms with Crippen molar-refractivity contribution in [1.82, 2.24) is 0 Å². The molecule has 0 spiro atoms. The van der Waals surface area contributed by atoms with Crippen LogP contribution in [0.25, 0.3) is 0 Å². The smallest absolute Gasteiger partial charge is 0.250 e. The van der Waals surface area contributed by atoms with Crippen LogP contribution in [0.2, 0.25) is 0 Å². The van der Waals surface area contributed by atoms with Crippen LogP contribution in [0.5, 0.6) is 0 Å². The van der Waals surface area contributed by atoms with Gasteiger partial charge in [-0.05, 0) is 126 Å². The Morgan fingerprint density at radius 2 is 0.467 bits per heavy atom.